The fourth-order valence-corrected chi connectivity index (χ4v) is 4.65. The number of aromatic nitrogens is 6. The zero-order valence-electron chi connectivity index (χ0n) is 21.4. The Morgan fingerprint density at radius 1 is 0.921 bits per heavy atom. The van der Waals surface area contributed by atoms with Gasteiger partial charge in [0, 0.05) is 41.5 Å². The van der Waals surface area contributed by atoms with Gasteiger partial charge in [-0.2, -0.15) is 5.10 Å². The molecule has 0 spiro atoms. The summed E-state index contributed by atoms with van der Waals surface area (Å²) in [6, 6.07) is 18.1. The van der Waals surface area contributed by atoms with Crippen LogP contribution in [0.4, 0.5) is 5.69 Å². The van der Waals surface area contributed by atoms with Crippen molar-refractivity contribution in [3.63, 3.8) is 0 Å². The molecule has 5 aromatic heterocycles. The summed E-state index contributed by atoms with van der Waals surface area (Å²) >= 11 is 0. The summed E-state index contributed by atoms with van der Waals surface area (Å²) in [5, 5.41) is 11.7. The van der Waals surface area contributed by atoms with Gasteiger partial charge in [-0.3, -0.25) is 19.9 Å². The van der Waals surface area contributed by atoms with E-state index in [1.807, 2.05) is 57.2 Å². The fourth-order valence-electron chi connectivity index (χ4n) is 4.65. The molecule has 6 aromatic rings. The SMILES string of the molecule is CC(C)(C)CC(=O)Nc1cncc(-c2ccc3[nH]nc(-c4cc5c(-c6ccncc6)cccc5[nH]4)c3n2)c1. The number of nitrogens with zero attached hydrogens (tertiary/aromatic N) is 4. The molecule has 0 saturated heterocycles. The summed E-state index contributed by atoms with van der Waals surface area (Å²) in [5.74, 6) is -0.0399. The number of H-pyrrole nitrogens is 2. The third-order valence-electron chi connectivity index (χ3n) is 6.33. The van der Waals surface area contributed by atoms with Crippen molar-refractivity contribution in [3.05, 3.63) is 79.4 Å². The molecule has 1 aromatic carbocycles. The number of hydrogen-bond donors (Lipinski definition) is 3. The monoisotopic (exact) mass is 501 g/mol. The molecule has 188 valence electrons. The van der Waals surface area contributed by atoms with Gasteiger partial charge >= 0.3 is 0 Å². The molecule has 0 fully saturated rings. The highest BCUT2D eigenvalue weighted by Gasteiger charge is 2.18. The zero-order chi connectivity index (χ0) is 26.3. The van der Waals surface area contributed by atoms with Gasteiger partial charge in [-0.15, -0.1) is 0 Å². The quantitative estimate of drug-likeness (QED) is 0.246. The molecule has 5 heterocycles. The van der Waals surface area contributed by atoms with Crippen molar-refractivity contribution in [1.29, 1.82) is 0 Å². The molecule has 1 amide bonds. The second-order valence-electron chi connectivity index (χ2n) is 10.6. The van der Waals surface area contributed by atoms with Gasteiger partial charge in [0.15, 0.2) is 0 Å². The van der Waals surface area contributed by atoms with Gasteiger partial charge in [0.1, 0.15) is 11.2 Å². The highest BCUT2D eigenvalue weighted by molar-refractivity contribution is 6.00. The predicted molar refractivity (Wildman–Crippen MR) is 150 cm³/mol. The smallest absolute Gasteiger partial charge is 0.224 e. The normalized spacial score (nSPS) is 11.8. The molecule has 0 radical (unpaired) electrons. The Hall–Kier alpha value is -4.85. The maximum atomic E-state index is 12.4. The molecule has 38 heavy (non-hydrogen) atoms. The lowest BCUT2D eigenvalue weighted by Gasteiger charge is -2.17. The minimum atomic E-state index is -0.0961. The Morgan fingerprint density at radius 2 is 1.76 bits per heavy atom. The molecule has 0 bridgehead atoms. The molecule has 0 aliphatic rings. The van der Waals surface area contributed by atoms with Crippen LogP contribution < -0.4 is 5.32 Å². The van der Waals surface area contributed by atoms with Gasteiger partial charge in [-0.1, -0.05) is 32.9 Å². The van der Waals surface area contributed by atoms with Crippen LogP contribution >= 0.6 is 0 Å². The van der Waals surface area contributed by atoms with Crippen LogP contribution in [-0.2, 0) is 4.79 Å². The molecular weight excluding hydrogens is 474 g/mol. The number of nitrogens with one attached hydrogen (secondary N) is 3. The lowest BCUT2D eigenvalue weighted by molar-refractivity contribution is -0.117. The van der Waals surface area contributed by atoms with E-state index in [1.54, 1.807) is 24.8 Å². The molecule has 8 nitrogen and oxygen atoms in total. The second-order valence-corrected chi connectivity index (χ2v) is 10.6. The first-order chi connectivity index (χ1) is 18.3. The number of anilines is 1. The van der Waals surface area contributed by atoms with Crippen molar-refractivity contribution >= 4 is 33.5 Å². The summed E-state index contributed by atoms with van der Waals surface area (Å²) < 4.78 is 0. The van der Waals surface area contributed by atoms with Crippen LogP contribution in [0.15, 0.2) is 79.4 Å². The molecule has 8 heteroatoms. The van der Waals surface area contributed by atoms with Crippen LogP contribution in [0.5, 0.6) is 0 Å². The van der Waals surface area contributed by atoms with Gasteiger partial charge < -0.3 is 10.3 Å². The first kappa shape index (κ1) is 23.5. The van der Waals surface area contributed by atoms with Gasteiger partial charge in [-0.05, 0) is 59.0 Å². The summed E-state index contributed by atoms with van der Waals surface area (Å²) in [4.78, 5) is 29.4. The number of fused-ring (bicyclic) bond motifs is 2. The lowest BCUT2D eigenvalue weighted by Crippen LogP contribution is -2.19. The molecule has 0 unspecified atom stereocenters. The van der Waals surface area contributed by atoms with E-state index in [4.69, 9.17) is 4.98 Å². The number of amides is 1. The average molecular weight is 502 g/mol. The third kappa shape index (κ3) is 4.64. The Labute approximate surface area is 219 Å². The number of rotatable bonds is 5. The second kappa shape index (κ2) is 9.23. The first-order valence-corrected chi connectivity index (χ1v) is 12.5. The molecule has 0 aliphatic carbocycles. The molecule has 0 saturated carbocycles. The Morgan fingerprint density at radius 3 is 2.58 bits per heavy atom. The predicted octanol–water partition coefficient (Wildman–Crippen LogP) is 6.60. The third-order valence-corrected chi connectivity index (χ3v) is 6.33. The van der Waals surface area contributed by atoms with Gasteiger partial charge in [0.2, 0.25) is 5.91 Å². The minimum Gasteiger partial charge on any atom is -0.353 e. The van der Waals surface area contributed by atoms with Gasteiger partial charge in [0.05, 0.1) is 28.8 Å². The highest BCUT2D eigenvalue weighted by atomic mass is 16.1. The van der Waals surface area contributed by atoms with Crippen molar-refractivity contribution in [1.82, 2.24) is 30.1 Å². The van der Waals surface area contributed by atoms with E-state index in [-0.39, 0.29) is 11.3 Å². The number of aromatic amines is 2. The van der Waals surface area contributed by atoms with Crippen molar-refractivity contribution in [2.45, 2.75) is 27.2 Å². The van der Waals surface area contributed by atoms with Crippen LogP contribution in [0.3, 0.4) is 0 Å². The van der Waals surface area contributed by atoms with Crippen LogP contribution in [0, 0.1) is 5.41 Å². The maximum absolute atomic E-state index is 12.4. The Kier molecular flexibility index (Phi) is 5.72. The van der Waals surface area contributed by atoms with Crippen LogP contribution in [-0.4, -0.2) is 36.0 Å². The van der Waals surface area contributed by atoms with E-state index in [1.165, 1.54) is 0 Å². The minimum absolute atomic E-state index is 0.0399. The molecular formula is C30H27N7O. The standard InChI is InChI=1S/C30H27N7O/c1-30(2,3)15-27(38)33-20-13-19(16-32-17-20)23-7-8-25-28(35-23)29(37-36-25)26-14-22-21(5-4-6-24(22)34-26)18-9-11-31-12-10-18/h4-14,16-17,34H,15H2,1-3H3,(H,33,38)(H,36,37). The number of carbonyl (C=O) groups excluding carboxylic acids is 1. The summed E-state index contributed by atoms with van der Waals surface area (Å²) in [7, 11) is 0. The number of pyridine rings is 3. The number of benzene rings is 1. The summed E-state index contributed by atoms with van der Waals surface area (Å²) in [5.41, 5.74) is 8.54. The molecule has 6 rings (SSSR count). The Bertz CT molecular complexity index is 1780. The largest absolute Gasteiger partial charge is 0.353 e. The van der Waals surface area contributed by atoms with Crippen LogP contribution in [0.2, 0.25) is 0 Å². The first-order valence-electron chi connectivity index (χ1n) is 12.5. The summed E-state index contributed by atoms with van der Waals surface area (Å²) in [6.45, 7) is 6.11. The molecule has 0 aliphatic heterocycles. The van der Waals surface area contributed by atoms with Crippen molar-refractivity contribution < 1.29 is 4.79 Å². The van der Waals surface area contributed by atoms with E-state index in [0.29, 0.717) is 12.1 Å². The topological polar surface area (TPSA) is 112 Å². The number of hydrogen-bond acceptors (Lipinski definition) is 5. The highest BCUT2D eigenvalue weighted by Crippen LogP contribution is 2.34. The van der Waals surface area contributed by atoms with E-state index in [9.17, 15) is 4.79 Å². The maximum Gasteiger partial charge on any atom is 0.224 e. The van der Waals surface area contributed by atoms with Crippen LogP contribution in [0.1, 0.15) is 27.2 Å². The van der Waals surface area contributed by atoms with E-state index in [0.717, 1.165) is 55.7 Å². The zero-order valence-corrected chi connectivity index (χ0v) is 21.4. The van der Waals surface area contributed by atoms with Gasteiger partial charge in [0.25, 0.3) is 0 Å². The average Bonchev–Trinajstić information content (AvgIpc) is 3.51. The summed E-state index contributed by atoms with van der Waals surface area (Å²) in [6.07, 6.45) is 7.42. The Balaban J connectivity index is 1.36. The fraction of sp³-hybridized carbons (Fsp3) is 0.167. The number of carbonyl (C=O) groups is 1. The van der Waals surface area contributed by atoms with E-state index < -0.39 is 0 Å². The van der Waals surface area contributed by atoms with Crippen LogP contribution in [0.25, 0.3) is 55.7 Å². The van der Waals surface area contributed by atoms with E-state index >= 15 is 0 Å². The molecule has 0 atom stereocenters. The lowest BCUT2D eigenvalue weighted by atomic mass is 9.92. The van der Waals surface area contributed by atoms with Gasteiger partial charge in [-0.25, -0.2) is 4.98 Å². The van der Waals surface area contributed by atoms with E-state index in [2.05, 4.69) is 48.7 Å². The van der Waals surface area contributed by atoms with Crippen molar-refractivity contribution in [2.75, 3.05) is 5.32 Å². The van der Waals surface area contributed by atoms with Crippen molar-refractivity contribution in [3.8, 4) is 33.8 Å². The van der Waals surface area contributed by atoms with Crippen molar-refractivity contribution in [2.24, 2.45) is 5.41 Å². The molecule has 3 N–H and O–H groups in total.